The Hall–Kier alpha value is -2.82. The molecule has 0 saturated heterocycles. The van der Waals surface area contributed by atoms with Gasteiger partial charge in [-0.3, -0.25) is 9.59 Å². The molecule has 2 unspecified atom stereocenters. The lowest BCUT2D eigenvalue weighted by atomic mass is 9.98. The fourth-order valence-electron chi connectivity index (χ4n) is 2.89. The van der Waals surface area contributed by atoms with Crippen LogP contribution in [0.25, 0.3) is 0 Å². The van der Waals surface area contributed by atoms with Gasteiger partial charge in [0.2, 0.25) is 5.91 Å². The highest BCUT2D eigenvalue weighted by Gasteiger charge is 2.21. The maximum atomic E-state index is 12.7. The van der Waals surface area contributed by atoms with Crippen LogP contribution >= 0.6 is 0 Å². The third kappa shape index (κ3) is 5.84. The molecule has 0 aliphatic carbocycles. The minimum atomic E-state index is -0.573. The summed E-state index contributed by atoms with van der Waals surface area (Å²) in [6.45, 7) is 6.23. The van der Waals surface area contributed by atoms with Crippen molar-refractivity contribution in [2.24, 2.45) is 0 Å². The number of likely N-dealkylation sites (N-methyl/N-ethyl adjacent to an activating group) is 1. The smallest absolute Gasteiger partial charge is 0.265 e. The van der Waals surface area contributed by atoms with Gasteiger partial charge in [-0.25, -0.2) is 0 Å². The van der Waals surface area contributed by atoms with Crippen LogP contribution in [0.5, 0.6) is 5.75 Å². The molecule has 0 heterocycles. The van der Waals surface area contributed by atoms with Gasteiger partial charge in [-0.05, 0) is 48.1 Å². The average molecular weight is 383 g/mol. The highest BCUT2D eigenvalue weighted by atomic mass is 16.5. The van der Waals surface area contributed by atoms with Gasteiger partial charge in [0, 0.05) is 12.7 Å². The molecule has 28 heavy (non-hydrogen) atoms. The monoisotopic (exact) mass is 382 g/mol. The number of benzene rings is 2. The molecule has 2 atom stereocenters. The lowest BCUT2D eigenvalue weighted by Crippen LogP contribution is -2.32. The fourth-order valence-corrected chi connectivity index (χ4v) is 2.89. The number of hydrogen-bond acceptors (Lipinski definition) is 3. The van der Waals surface area contributed by atoms with Crippen LogP contribution in [0.2, 0.25) is 0 Å². The lowest BCUT2D eigenvalue weighted by molar-refractivity contribution is -0.123. The van der Waals surface area contributed by atoms with Gasteiger partial charge < -0.3 is 15.4 Å². The normalized spacial score (nSPS) is 12.7. The van der Waals surface area contributed by atoms with E-state index in [1.165, 1.54) is 0 Å². The van der Waals surface area contributed by atoms with Crippen molar-refractivity contribution in [2.75, 3.05) is 12.4 Å². The van der Waals surface area contributed by atoms with Crippen LogP contribution in [0.15, 0.2) is 48.5 Å². The Morgan fingerprint density at radius 2 is 1.68 bits per heavy atom. The number of carbonyl (C=O) groups is 2. The fraction of sp³-hybridized carbons (Fsp3) is 0.391. The zero-order valence-electron chi connectivity index (χ0n) is 17.1. The molecule has 0 bridgehead atoms. The molecule has 2 rings (SSSR count). The van der Waals surface area contributed by atoms with E-state index in [4.69, 9.17) is 4.74 Å². The quantitative estimate of drug-likeness (QED) is 0.680. The third-order valence-electron chi connectivity index (χ3n) is 4.86. The summed E-state index contributed by atoms with van der Waals surface area (Å²) in [5.41, 5.74) is 2.70. The summed E-state index contributed by atoms with van der Waals surface area (Å²) < 4.78 is 6.08. The summed E-state index contributed by atoms with van der Waals surface area (Å²) in [5, 5.41) is 5.50. The van der Waals surface area contributed by atoms with E-state index in [0.29, 0.717) is 24.4 Å². The molecule has 5 heteroatoms. The number of ether oxygens (including phenoxy) is 1. The summed E-state index contributed by atoms with van der Waals surface area (Å²) in [7, 11) is 1.61. The summed E-state index contributed by atoms with van der Waals surface area (Å²) in [5.74, 6) is 0.904. The first kappa shape index (κ1) is 21.5. The first-order chi connectivity index (χ1) is 13.5. The Bertz CT molecular complexity index is 787. The van der Waals surface area contributed by atoms with Crippen LogP contribution in [0.3, 0.4) is 0 Å². The zero-order valence-corrected chi connectivity index (χ0v) is 17.1. The topological polar surface area (TPSA) is 67.4 Å². The van der Waals surface area contributed by atoms with Gasteiger partial charge in [-0.15, -0.1) is 0 Å². The second-order valence-electron chi connectivity index (χ2n) is 6.90. The average Bonchev–Trinajstić information content (AvgIpc) is 2.72. The molecule has 0 aromatic heterocycles. The Balaban J connectivity index is 2.05. The van der Waals surface area contributed by atoms with Crippen LogP contribution < -0.4 is 15.4 Å². The van der Waals surface area contributed by atoms with Gasteiger partial charge in [0.1, 0.15) is 5.75 Å². The molecule has 0 aliphatic rings. The Morgan fingerprint density at radius 1 is 1.00 bits per heavy atom. The van der Waals surface area contributed by atoms with E-state index in [0.717, 1.165) is 23.3 Å². The van der Waals surface area contributed by atoms with Crippen LogP contribution in [-0.2, 0) is 16.0 Å². The molecule has 2 aromatic carbocycles. The minimum Gasteiger partial charge on any atom is -0.480 e. The zero-order chi connectivity index (χ0) is 20.5. The van der Waals surface area contributed by atoms with Gasteiger partial charge >= 0.3 is 0 Å². The van der Waals surface area contributed by atoms with Crippen molar-refractivity contribution < 1.29 is 14.3 Å². The van der Waals surface area contributed by atoms with E-state index in [1.54, 1.807) is 19.2 Å². The van der Waals surface area contributed by atoms with Gasteiger partial charge in [0.25, 0.3) is 5.91 Å². The molecule has 150 valence electrons. The van der Waals surface area contributed by atoms with E-state index in [2.05, 4.69) is 30.5 Å². The summed E-state index contributed by atoms with van der Waals surface area (Å²) >= 11 is 0. The molecule has 0 saturated carbocycles. The van der Waals surface area contributed by atoms with Gasteiger partial charge in [-0.1, -0.05) is 51.1 Å². The lowest BCUT2D eigenvalue weighted by Gasteiger charge is -2.21. The Labute approximate surface area is 167 Å². The molecular formula is C23H30N2O3. The third-order valence-corrected chi connectivity index (χ3v) is 4.86. The molecule has 2 aromatic rings. The number of para-hydroxylation sites is 1. The molecule has 2 N–H and O–H groups in total. The van der Waals surface area contributed by atoms with Crippen molar-refractivity contribution in [3.05, 3.63) is 59.7 Å². The second-order valence-corrected chi connectivity index (χ2v) is 6.90. The Kier molecular flexibility index (Phi) is 8.05. The number of anilines is 1. The first-order valence-electron chi connectivity index (χ1n) is 9.84. The Morgan fingerprint density at radius 3 is 2.29 bits per heavy atom. The highest BCUT2D eigenvalue weighted by Crippen LogP contribution is 2.29. The van der Waals surface area contributed by atoms with Crippen molar-refractivity contribution in [3.63, 3.8) is 0 Å². The molecule has 0 spiro atoms. The molecule has 0 fully saturated rings. The predicted octanol–water partition coefficient (Wildman–Crippen LogP) is 4.28. The van der Waals surface area contributed by atoms with Gasteiger partial charge in [0.05, 0.1) is 6.42 Å². The SMILES string of the molecule is CCC(Oc1ccccc1C(C)CC)C(=O)Nc1ccc(CC(=O)NC)cc1. The number of nitrogens with one attached hydrogen (secondary N) is 2. The molecular weight excluding hydrogens is 352 g/mol. The summed E-state index contributed by atoms with van der Waals surface area (Å²) in [6.07, 6.45) is 1.31. The van der Waals surface area contributed by atoms with E-state index >= 15 is 0 Å². The van der Waals surface area contributed by atoms with Gasteiger partial charge in [0.15, 0.2) is 6.10 Å². The van der Waals surface area contributed by atoms with Gasteiger partial charge in [-0.2, -0.15) is 0 Å². The van der Waals surface area contributed by atoms with Crippen LogP contribution in [0.4, 0.5) is 5.69 Å². The maximum Gasteiger partial charge on any atom is 0.265 e. The van der Waals surface area contributed by atoms with E-state index < -0.39 is 6.10 Å². The van der Waals surface area contributed by atoms with Crippen molar-refractivity contribution in [1.29, 1.82) is 0 Å². The van der Waals surface area contributed by atoms with Crippen LogP contribution in [0.1, 0.15) is 50.7 Å². The number of carbonyl (C=O) groups excluding carboxylic acids is 2. The van der Waals surface area contributed by atoms with E-state index in [1.807, 2.05) is 37.3 Å². The number of amides is 2. The largest absolute Gasteiger partial charge is 0.480 e. The number of hydrogen-bond donors (Lipinski definition) is 2. The minimum absolute atomic E-state index is 0.0452. The second kappa shape index (κ2) is 10.5. The maximum absolute atomic E-state index is 12.7. The predicted molar refractivity (Wildman–Crippen MR) is 113 cm³/mol. The molecule has 0 aliphatic heterocycles. The summed E-state index contributed by atoms with van der Waals surface area (Å²) in [6, 6.07) is 15.2. The molecule has 2 amide bonds. The standard InChI is InChI=1S/C23H30N2O3/c1-5-16(3)19-9-7-8-10-21(19)28-20(6-2)23(27)25-18-13-11-17(12-14-18)15-22(26)24-4/h7-14,16,20H,5-6,15H2,1-4H3,(H,24,26)(H,25,27). The van der Waals surface area contributed by atoms with Crippen molar-refractivity contribution in [2.45, 2.75) is 52.1 Å². The highest BCUT2D eigenvalue weighted by molar-refractivity contribution is 5.94. The van der Waals surface area contributed by atoms with Crippen LogP contribution in [0, 0.1) is 0 Å². The van der Waals surface area contributed by atoms with E-state index in [9.17, 15) is 9.59 Å². The molecule has 0 radical (unpaired) electrons. The van der Waals surface area contributed by atoms with Crippen molar-refractivity contribution in [1.82, 2.24) is 5.32 Å². The number of rotatable bonds is 9. The van der Waals surface area contributed by atoms with Crippen molar-refractivity contribution >= 4 is 17.5 Å². The van der Waals surface area contributed by atoms with Crippen molar-refractivity contribution in [3.8, 4) is 5.75 Å². The van der Waals surface area contributed by atoms with E-state index in [-0.39, 0.29) is 11.8 Å². The summed E-state index contributed by atoms with van der Waals surface area (Å²) in [4.78, 5) is 24.2. The molecule has 5 nitrogen and oxygen atoms in total. The first-order valence-corrected chi connectivity index (χ1v) is 9.84. The van der Waals surface area contributed by atoms with Crippen LogP contribution in [-0.4, -0.2) is 25.0 Å².